The highest BCUT2D eigenvalue weighted by atomic mass is 16.4. The van der Waals surface area contributed by atoms with E-state index in [0.717, 1.165) is 11.4 Å². The predicted octanol–water partition coefficient (Wildman–Crippen LogP) is 2.44. The number of hydrogen-bond donors (Lipinski definition) is 2. The number of aliphatic carboxylic acids is 1. The van der Waals surface area contributed by atoms with Crippen molar-refractivity contribution in [2.45, 2.75) is 32.9 Å². The molecule has 0 fully saturated rings. The van der Waals surface area contributed by atoms with Crippen LogP contribution in [0.2, 0.25) is 0 Å². The third kappa shape index (κ3) is 2.20. The third-order valence-electron chi connectivity index (χ3n) is 3.11. The Morgan fingerprint density at radius 1 is 1.47 bits per heavy atom. The van der Waals surface area contributed by atoms with E-state index in [9.17, 15) is 4.79 Å². The third-order valence-corrected chi connectivity index (χ3v) is 3.11. The smallest absolute Gasteiger partial charge is 0.305 e. The minimum atomic E-state index is -0.763. The summed E-state index contributed by atoms with van der Waals surface area (Å²) in [5.74, 6) is -0.763. The highest BCUT2D eigenvalue weighted by molar-refractivity contribution is 5.79. The molecule has 0 spiro atoms. The van der Waals surface area contributed by atoms with Crippen LogP contribution >= 0.6 is 0 Å². The van der Waals surface area contributed by atoms with Crippen LogP contribution < -0.4 is 10.2 Å². The van der Waals surface area contributed by atoms with E-state index in [4.69, 9.17) is 5.11 Å². The molecular weight excluding hydrogens is 216 g/mol. The lowest BCUT2D eigenvalue weighted by atomic mass is 10.2. The Morgan fingerprint density at radius 3 is 2.82 bits per heavy atom. The normalized spacial score (nSPS) is 16.5. The Balaban J connectivity index is 2.28. The van der Waals surface area contributed by atoms with Crippen molar-refractivity contribution in [1.82, 2.24) is 0 Å². The first kappa shape index (κ1) is 11.8. The molecule has 4 nitrogen and oxygen atoms in total. The maximum Gasteiger partial charge on any atom is 0.305 e. The summed E-state index contributed by atoms with van der Waals surface area (Å²) in [5, 5.41) is 12.2. The summed E-state index contributed by atoms with van der Waals surface area (Å²) in [6, 6.07) is 6.20. The summed E-state index contributed by atoms with van der Waals surface area (Å²) in [4.78, 5) is 12.8. The van der Waals surface area contributed by atoms with Gasteiger partial charge in [0.2, 0.25) is 0 Å². The summed E-state index contributed by atoms with van der Waals surface area (Å²) in [6.45, 7) is 6.69. The second-order valence-corrected chi connectivity index (χ2v) is 5.00. The number of anilines is 2. The SMILES string of the molecule is Cc1ccc2c(c1)NC(C)(C)N2CCC(=O)O. The molecule has 0 radical (unpaired) electrons. The van der Waals surface area contributed by atoms with Crippen molar-refractivity contribution in [2.75, 3.05) is 16.8 Å². The number of carbonyl (C=O) groups is 1. The van der Waals surface area contributed by atoms with Crippen LogP contribution in [0.3, 0.4) is 0 Å². The van der Waals surface area contributed by atoms with Crippen LogP contribution in [-0.2, 0) is 4.79 Å². The first-order valence-electron chi connectivity index (χ1n) is 5.78. The summed E-state index contributed by atoms with van der Waals surface area (Å²) in [7, 11) is 0. The lowest BCUT2D eigenvalue weighted by Crippen LogP contribution is -2.46. The summed E-state index contributed by atoms with van der Waals surface area (Å²) < 4.78 is 0. The predicted molar refractivity (Wildman–Crippen MR) is 68.5 cm³/mol. The number of carboxylic acid groups (broad SMARTS) is 1. The van der Waals surface area contributed by atoms with E-state index in [2.05, 4.69) is 43.1 Å². The number of nitrogens with zero attached hydrogens (tertiary/aromatic N) is 1. The first-order valence-corrected chi connectivity index (χ1v) is 5.78. The van der Waals surface area contributed by atoms with Crippen molar-refractivity contribution >= 4 is 17.3 Å². The molecule has 2 rings (SSSR count). The van der Waals surface area contributed by atoms with Gasteiger partial charge in [-0.05, 0) is 38.5 Å². The molecule has 1 heterocycles. The van der Waals surface area contributed by atoms with E-state index >= 15 is 0 Å². The van der Waals surface area contributed by atoms with E-state index in [0.29, 0.717) is 6.54 Å². The Kier molecular flexibility index (Phi) is 2.73. The maximum absolute atomic E-state index is 10.7. The minimum Gasteiger partial charge on any atom is -0.481 e. The number of nitrogens with one attached hydrogen (secondary N) is 1. The largest absolute Gasteiger partial charge is 0.481 e. The van der Waals surface area contributed by atoms with Crippen LogP contribution in [0.25, 0.3) is 0 Å². The van der Waals surface area contributed by atoms with Gasteiger partial charge in [-0.3, -0.25) is 4.79 Å². The first-order chi connectivity index (χ1) is 7.90. The van der Waals surface area contributed by atoms with Crippen LogP contribution in [0.4, 0.5) is 11.4 Å². The zero-order valence-electron chi connectivity index (χ0n) is 10.4. The topological polar surface area (TPSA) is 52.6 Å². The van der Waals surface area contributed by atoms with Gasteiger partial charge < -0.3 is 15.3 Å². The van der Waals surface area contributed by atoms with Gasteiger partial charge in [0.05, 0.1) is 17.8 Å². The molecule has 1 aromatic carbocycles. The summed E-state index contributed by atoms with van der Waals surface area (Å²) in [5.41, 5.74) is 3.14. The zero-order chi connectivity index (χ0) is 12.6. The van der Waals surface area contributed by atoms with Crippen LogP contribution in [0.15, 0.2) is 18.2 Å². The molecule has 92 valence electrons. The quantitative estimate of drug-likeness (QED) is 0.843. The average Bonchev–Trinajstić information content (AvgIpc) is 2.44. The Labute approximate surface area is 101 Å². The van der Waals surface area contributed by atoms with Crippen molar-refractivity contribution in [1.29, 1.82) is 0 Å². The lowest BCUT2D eigenvalue weighted by molar-refractivity contribution is -0.136. The molecule has 4 heteroatoms. The van der Waals surface area contributed by atoms with E-state index in [1.165, 1.54) is 5.56 Å². The summed E-state index contributed by atoms with van der Waals surface area (Å²) >= 11 is 0. The number of fused-ring (bicyclic) bond motifs is 1. The van der Waals surface area contributed by atoms with Gasteiger partial charge in [0.15, 0.2) is 0 Å². The molecule has 2 N–H and O–H groups in total. The van der Waals surface area contributed by atoms with Crippen LogP contribution in [-0.4, -0.2) is 23.3 Å². The fourth-order valence-corrected chi connectivity index (χ4v) is 2.29. The monoisotopic (exact) mass is 234 g/mol. The van der Waals surface area contributed by atoms with E-state index in [-0.39, 0.29) is 12.1 Å². The van der Waals surface area contributed by atoms with Crippen LogP contribution in [0, 0.1) is 6.92 Å². The van der Waals surface area contributed by atoms with Gasteiger partial charge in [-0.25, -0.2) is 0 Å². The van der Waals surface area contributed by atoms with Gasteiger partial charge in [0.25, 0.3) is 0 Å². The van der Waals surface area contributed by atoms with Crippen molar-refractivity contribution in [3.05, 3.63) is 23.8 Å². The standard InChI is InChI=1S/C13H18N2O2/c1-9-4-5-11-10(8-9)14-13(2,3)15(11)7-6-12(16)17/h4-5,8,14H,6-7H2,1-3H3,(H,16,17). The highest BCUT2D eigenvalue weighted by Crippen LogP contribution is 2.40. The molecule has 1 aliphatic heterocycles. The molecule has 0 saturated carbocycles. The average molecular weight is 234 g/mol. The maximum atomic E-state index is 10.7. The van der Waals surface area contributed by atoms with Gasteiger partial charge in [-0.15, -0.1) is 0 Å². The molecule has 17 heavy (non-hydrogen) atoms. The van der Waals surface area contributed by atoms with Crippen LogP contribution in [0.5, 0.6) is 0 Å². The molecule has 1 aliphatic rings. The second-order valence-electron chi connectivity index (χ2n) is 5.00. The van der Waals surface area contributed by atoms with Crippen LogP contribution in [0.1, 0.15) is 25.8 Å². The van der Waals surface area contributed by atoms with E-state index < -0.39 is 5.97 Å². The van der Waals surface area contributed by atoms with Gasteiger partial charge in [-0.2, -0.15) is 0 Å². The van der Waals surface area contributed by atoms with Gasteiger partial charge in [-0.1, -0.05) is 6.07 Å². The second kappa shape index (κ2) is 3.95. The van der Waals surface area contributed by atoms with E-state index in [1.54, 1.807) is 0 Å². The molecule has 0 atom stereocenters. The molecule has 0 unspecified atom stereocenters. The lowest BCUT2D eigenvalue weighted by Gasteiger charge is -2.33. The number of hydrogen-bond acceptors (Lipinski definition) is 3. The van der Waals surface area contributed by atoms with Crippen molar-refractivity contribution in [3.8, 4) is 0 Å². The molecule has 0 bridgehead atoms. The number of aryl methyl sites for hydroxylation is 1. The molecule has 1 aromatic rings. The van der Waals surface area contributed by atoms with Gasteiger partial charge in [0, 0.05) is 6.54 Å². The highest BCUT2D eigenvalue weighted by Gasteiger charge is 2.35. The number of benzene rings is 1. The molecule has 0 aliphatic carbocycles. The Morgan fingerprint density at radius 2 is 2.18 bits per heavy atom. The van der Waals surface area contributed by atoms with Crippen molar-refractivity contribution < 1.29 is 9.90 Å². The van der Waals surface area contributed by atoms with Crippen molar-refractivity contribution in [3.63, 3.8) is 0 Å². The van der Waals surface area contributed by atoms with Gasteiger partial charge >= 0.3 is 5.97 Å². The summed E-state index contributed by atoms with van der Waals surface area (Å²) in [6.07, 6.45) is 0.151. The zero-order valence-corrected chi connectivity index (χ0v) is 10.4. The van der Waals surface area contributed by atoms with E-state index in [1.807, 2.05) is 6.07 Å². The molecule has 0 aromatic heterocycles. The van der Waals surface area contributed by atoms with Crippen molar-refractivity contribution in [2.24, 2.45) is 0 Å². The minimum absolute atomic E-state index is 0.151. The number of rotatable bonds is 3. The fourth-order valence-electron chi connectivity index (χ4n) is 2.29. The fraction of sp³-hybridized carbons (Fsp3) is 0.462. The molecule has 0 saturated heterocycles. The molecular formula is C13H18N2O2. The number of carboxylic acids is 1. The molecule has 0 amide bonds. The Hall–Kier alpha value is -1.71. The van der Waals surface area contributed by atoms with Gasteiger partial charge in [0.1, 0.15) is 5.66 Å². The Bertz CT molecular complexity index is 455.